The minimum atomic E-state index is -3.91. The lowest BCUT2D eigenvalue weighted by atomic mass is 9.83. The van der Waals surface area contributed by atoms with Gasteiger partial charge in [-0.15, -0.1) is 6.58 Å². The SMILES string of the molecule is C=C[C@@H]1C[C@]1(NC(=O)[C@@H]1C[C@@H]2CN1C(=O)[C@H](C1CCCCC1)NC(=O)OCC(C)(C)CCCc1cc3c(cc(OC4CCCC4)nc3cc1OC)O2)C(=O)NS(=O)(=O)C1CC1. The number of aromatic nitrogens is 1. The molecule has 15 nitrogen and oxygen atoms in total. The van der Waals surface area contributed by atoms with Gasteiger partial charge in [0.25, 0.3) is 5.91 Å². The smallest absolute Gasteiger partial charge is 0.407 e. The Bertz CT molecular complexity index is 2150. The van der Waals surface area contributed by atoms with E-state index in [0.29, 0.717) is 55.0 Å². The Morgan fingerprint density at radius 3 is 2.44 bits per heavy atom. The highest BCUT2D eigenvalue weighted by molar-refractivity contribution is 7.91. The van der Waals surface area contributed by atoms with Crippen LogP contribution in [0.2, 0.25) is 0 Å². The lowest BCUT2D eigenvalue weighted by molar-refractivity contribution is -0.142. The van der Waals surface area contributed by atoms with Crippen molar-refractivity contribution in [1.82, 2.24) is 25.2 Å². The van der Waals surface area contributed by atoms with Crippen molar-refractivity contribution in [2.75, 3.05) is 20.3 Å². The van der Waals surface area contributed by atoms with E-state index in [1.54, 1.807) is 13.2 Å². The molecule has 3 N–H and O–H groups in total. The average molecular weight is 864 g/mol. The van der Waals surface area contributed by atoms with Gasteiger partial charge >= 0.3 is 6.09 Å². The number of methoxy groups -OCH3 is 1. The predicted octanol–water partition coefficient (Wildman–Crippen LogP) is 5.62. The van der Waals surface area contributed by atoms with E-state index in [0.717, 1.165) is 68.7 Å². The summed E-state index contributed by atoms with van der Waals surface area (Å²) in [6.45, 7) is 8.05. The Labute approximate surface area is 358 Å². The van der Waals surface area contributed by atoms with Gasteiger partial charge in [-0.05, 0) is 100 Å². The van der Waals surface area contributed by atoms with E-state index < -0.39 is 68.7 Å². The van der Waals surface area contributed by atoms with Crippen LogP contribution in [0.15, 0.2) is 30.9 Å². The van der Waals surface area contributed by atoms with Crippen molar-refractivity contribution in [3.63, 3.8) is 0 Å². The molecule has 4 amide bonds. The number of rotatable bonds is 10. The summed E-state index contributed by atoms with van der Waals surface area (Å²) in [5, 5.41) is 5.90. The monoisotopic (exact) mass is 863 g/mol. The number of sulfonamides is 1. The molecule has 16 heteroatoms. The quantitative estimate of drug-likeness (QED) is 0.251. The molecule has 0 spiro atoms. The van der Waals surface area contributed by atoms with Crippen LogP contribution >= 0.6 is 0 Å². The van der Waals surface area contributed by atoms with E-state index in [-0.39, 0.29) is 43.4 Å². The summed E-state index contributed by atoms with van der Waals surface area (Å²) >= 11 is 0. The molecule has 1 saturated heterocycles. The molecular weight excluding hydrogens is 803 g/mol. The standard InChI is InChI=1S/C45H61N5O10S/c1-5-29-24-45(29,42(53)49-61(55,56)32-17-18-32)48-40(51)35-21-31-25-50(35)41(52)39(27-12-7-6-8-13-27)47-43(54)58-26-44(2,3)19-11-14-28-20-33-34(22-36(28)57-4)46-38(23-37(33)59-31)60-30-15-9-10-16-30/h5,20,22-23,27,29-32,35,39H,1,6-19,21,24-26H2,2-4H3,(H,47,54)(H,48,51)(H,49,53)/t29-,31-,35+,39+,45-/m1/s1. The molecular formula is C45H61N5O10S. The number of fused-ring (bicyclic) bond motifs is 3. The largest absolute Gasteiger partial charge is 0.496 e. The Hall–Kier alpha value is -4.60. The van der Waals surface area contributed by atoms with E-state index in [9.17, 15) is 22.8 Å². The van der Waals surface area contributed by atoms with Crippen molar-refractivity contribution in [3.05, 3.63) is 36.4 Å². The van der Waals surface area contributed by atoms with E-state index >= 15 is 4.79 Å². The van der Waals surface area contributed by atoms with Crippen molar-refractivity contribution in [2.24, 2.45) is 17.3 Å². The van der Waals surface area contributed by atoms with Gasteiger partial charge in [0.15, 0.2) is 0 Å². The normalized spacial score (nSPS) is 28.8. The van der Waals surface area contributed by atoms with Crippen molar-refractivity contribution in [2.45, 2.75) is 152 Å². The minimum absolute atomic E-state index is 0.00428. The Morgan fingerprint density at radius 2 is 1.75 bits per heavy atom. The molecule has 2 aromatic rings. The summed E-state index contributed by atoms with van der Waals surface area (Å²) in [4.78, 5) is 63.4. The lowest BCUT2D eigenvalue weighted by Gasteiger charge is -2.35. The number of benzene rings is 1. The van der Waals surface area contributed by atoms with Gasteiger partial charge in [-0.1, -0.05) is 39.2 Å². The van der Waals surface area contributed by atoms with Crippen LogP contribution < -0.4 is 29.6 Å². The van der Waals surface area contributed by atoms with Crippen LogP contribution in [0, 0.1) is 17.3 Å². The van der Waals surface area contributed by atoms with Gasteiger partial charge in [0, 0.05) is 29.9 Å². The second-order valence-electron chi connectivity index (χ2n) is 18.9. The number of cyclic esters (lactones) is 1. The van der Waals surface area contributed by atoms with Gasteiger partial charge in [0.05, 0.1) is 31.0 Å². The second-order valence-corrected chi connectivity index (χ2v) is 20.9. The highest BCUT2D eigenvalue weighted by Crippen LogP contribution is 2.46. The highest BCUT2D eigenvalue weighted by Gasteiger charge is 2.62. The van der Waals surface area contributed by atoms with E-state index in [2.05, 4.69) is 21.9 Å². The van der Waals surface area contributed by atoms with Crippen LogP contribution in [-0.2, 0) is 35.6 Å². The molecule has 2 aliphatic heterocycles. The summed E-state index contributed by atoms with van der Waals surface area (Å²) in [5.41, 5.74) is -0.363. The van der Waals surface area contributed by atoms with Crippen molar-refractivity contribution in [1.29, 1.82) is 0 Å². The van der Waals surface area contributed by atoms with Gasteiger partial charge in [-0.25, -0.2) is 18.2 Å². The maximum atomic E-state index is 15.0. The number of ether oxygens (including phenoxy) is 4. The summed E-state index contributed by atoms with van der Waals surface area (Å²) in [7, 11) is -2.28. The molecule has 1 aromatic heterocycles. The molecule has 61 heavy (non-hydrogen) atoms. The highest BCUT2D eigenvalue weighted by atomic mass is 32.2. The number of pyridine rings is 1. The number of hydrogen-bond acceptors (Lipinski definition) is 11. The molecule has 332 valence electrons. The number of carbonyl (C=O) groups is 4. The molecule has 1 aromatic carbocycles. The fourth-order valence-corrected chi connectivity index (χ4v) is 11.2. The zero-order chi connectivity index (χ0) is 43.1. The lowest BCUT2D eigenvalue weighted by Crippen LogP contribution is -2.59. The molecule has 5 atom stereocenters. The van der Waals surface area contributed by atoms with Gasteiger partial charge in [-0.3, -0.25) is 19.1 Å². The fourth-order valence-electron chi connectivity index (χ4n) is 9.83. The molecule has 0 unspecified atom stereocenters. The zero-order valence-electron chi connectivity index (χ0n) is 35.7. The molecule has 8 rings (SSSR count). The predicted molar refractivity (Wildman–Crippen MR) is 227 cm³/mol. The molecule has 4 saturated carbocycles. The van der Waals surface area contributed by atoms with Gasteiger partial charge in [0.1, 0.15) is 41.3 Å². The minimum Gasteiger partial charge on any atom is -0.496 e. The number of carbonyl (C=O) groups excluding carboxylic acids is 4. The summed E-state index contributed by atoms with van der Waals surface area (Å²) in [6, 6.07) is 3.60. The van der Waals surface area contributed by atoms with Crippen LogP contribution in [0.4, 0.5) is 4.79 Å². The second kappa shape index (κ2) is 17.3. The molecule has 5 fully saturated rings. The Kier molecular flexibility index (Phi) is 12.2. The van der Waals surface area contributed by atoms with Gasteiger partial charge < -0.3 is 34.5 Å². The van der Waals surface area contributed by atoms with E-state index in [1.807, 2.05) is 26.0 Å². The first-order valence-corrected chi connectivity index (χ1v) is 23.8. The fraction of sp³-hybridized carbons (Fsp3) is 0.667. The maximum absolute atomic E-state index is 15.0. The first kappa shape index (κ1) is 43.1. The number of nitrogens with zero attached hydrogens (tertiary/aromatic N) is 2. The van der Waals surface area contributed by atoms with Crippen molar-refractivity contribution >= 4 is 44.7 Å². The number of aryl methyl sites for hydroxylation is 1. The summed E-state index contributed by atoms with van der Waals surface area (Å²) < 4.78 is 52.9. The summed E-state index contributed by atoms with van der Waals surface area (Å²) in [6.07, 6.45) is 11.7. The first-order chi connectivity index (χ1) is 29.2. The Balaban J connectivity index is 1.17. The number of alkyl carbamates (subject to hydrolysis) is 1. The van der Waals surface area contributed by atoms with Gasteiger partial charge in [0.2, 0.25) is 27.7 Å². The molecule has 3 heterocycles. The van der Waals surface area contributed by atoms with Crippen LogP contribution in [0.25, 0.3) is 10.9 Å². The zero-order valence-corrected chi connectivity index (χ0v) is 36.5. The van der Waals surface area contributed by atoms with Crippen LogP contribution in [0.1, 0.15) is 116 Å². The first-order valence-electron chi connectivity index (χ1n) is 22.3. The van der Waals surface area contributed by atoms with Gasteiger partial charge in [-0.2, -0.15) is 0 Å². The van der Waals surface area contributed by atoms with E-state index in [4.69, 9.17) is 23.9 Å². The number of amides is 4. The number of nitrogens with one attached hydrogen (secondary N) is 3. The van der Waals surface area contributed by atoms with Crippen molar-refractivity contribution in [3.8, 4) is 17.4 Å². The van der Waals surface area contributed by atoms with Crippen LogP contribution in [0.5, 0.6) is 17.4 Å². The Morgan fingerprint density at radius 1 is 1.02 bits per heavy atom. The third kappa shape index (κ3) is 9.43. The topological polar surface area (TPSA) is 192 Å². The maximum Gasteiger partial charge on any atom is 0.407 e. The number of hydrogen-bond donors (Lipinski definition) is 3. The third-order valence-corrected chi connectivity index (χ3v) is 15.5. The molecule has 4 bridgehead atoms. The van der Waals surface area contributed by atoms with Crippen LogP contribution in [-0.4, -0.2) is 97.5 Å². The molecule has 4 aliphatic carbocycles. The average Bonchev–Trinajstić information content (AvgIpc) is 4.12. The summed E-state index contributed by atoms with van der Waals surface area (Å²) in [5.74, 6) is -1.03. The van der Waals surface area contributed by atoms with E-state index in [1.165, 1.54) is 11.0 Å². The third-order valence-electron chi connectivity index (χ3n) is 13.7. The van der Waals surface area contributed by atoms with Crippen molar-refractivity contribution < 1.29 is 46.5 Å². The molecule has 0 radical (unpaired) electrons. The molecule has 6 aliphatic rings. The van der Waals surface area contributed by atoms with Crippen LogP contribution in [0.3, 0.4) is 0 Å².